The number of rotatable bonds is 6. The Kier molecular flexibility index (Phi) is 5.73. The van der Waals surface area contributed by atoms with E-state index < -0.39 is 11.0 Å². The third-order valence-corrected chi connectivity index (χ3v) is 4.29. The first kappa shape index (κ1) is 17.7. The van der Waals surface area contributed by atoms with Crippen molar-refractivity contribution < 1.29 is 19.6 Å². The SMILES string of the molecule is C=Cc1cc([N+](=O)[O-])cnc1OCCC1CCN(C(=O)O)C(C)C1. The molecule has 1 aliphatic heterocycles. The fourth-order valence-corrected chi connectivity index (χ4v) is 2.96. The van der Waals surface area contributed by atoms with Crippen LogP contribution < -0.4 is 4.74 Å². The largest absolute Gasteiger partial charge is 0.477 e. The van der Waals surface area contributed by atoms with Crippen LogP contribution in [0.25, 0.3) is 6.08 Å². The van der Waals surface area contributed by atoms with Crippen LogP contribution in [0, 0.1) is 16.0 Å². The normalized spacial score (nSPS) is 20.5. The molecule has 1 fully saturated rings. The van der Waals surface area contributed by atoms with Gasteiger partial charge in [0.15, 0.2) is 0 Å². The monoisotopic (exact) mass is 335 g/mol. The molecule has 130 valence electrons. The molecule has 24 heavy (non-hydrogen) atoms. The highest BCUT2D eigenvalue weighted by Crippen LogP contribution is 2.27. The highest BCUT2D eigenvalue weighted by atomic mass is 16.6. The van der Waals surface area contributed by atoms with Crippen molar-refractivity contribution in [2.24, 2.45) is 5.92 Å². The maximum Gasteiger partial charge on any atom is 0.407 e. The van der Waals surface area contributed by atoms with Gasteiger partial charge in [0, 0.05) is 24.2 Å². The highest BCUT2D eigenvalue weighted by Gasteiger charge is 2.28. The van der Waals surface area contributed by atoms with E-state index in [-0.39, 0.29) is 11.7 Å². The average Bonchev–Trinajstić information content (AvgIpc) is 2.54. The van der Waals surface area contributed by atoms with Crippen molar-refractivity contribution >= 4 is 17.9 Å². The van der Waals surface area contributed by atoms with Gasteiger partial charge in [0.05, 0.1) is 11.5 Å². The van der Waals surface area contributed by atoms with Crippen LogP contribution in [-0.2, 0) is 0 Å². The Morgan fingerprint density at radius 3 is 3.00 bits per heavy atom. The molecule has 1 saturated heterocycles. The minimum atomic E-state index is -0.872. The van der Waals surface area contributed by atoms with Crippen LogP contribution in [0.3, 0.4) is 0 Å². The summed E-state index contributed by atoms with van der Waals surface area (Å²) in [6.07, 6.45) is 4.16. The third-order valence-electron chi connectivity index (χ3n) is 4.29. The predicted octanol–water partition coefficient (Wildman–Crippen LogP) is 3.18. The number of ether oxygens (including phenoxy) is 1. The second-order valence-corrected chi connectivity index (χ2v) is 5.90. The van der Waals surface area contributed by atoms with Gasteiger partial charge in [-0.05, 0) is 32.1 Å². The van der Waals surface area contributed by atoms with E-state index in [2.05, 4.69) is 11.6 Å². The summed E-state index contributed by atoms with van der Waals surface area (Å²) in [5.74, 6) is 0.715. The van der Waals surface area contributed by atoms with E-state index >= 15 is 0 Å². The van der Waals surface area contributed by atoms with E-state index in [0.29, 0.717) is 30.5 Å². The molecule has 1 aromatic heterocycles. The summed E-state index contributed by atoms with van der Waals surface area (Å²) in [5.41, 5.74) is 0.380. The van der Waals surface area contributed by atoms with Crippen LogP contribution >= 0.6 is 0 Å². The lowest BCUT2D eigenvalue weighted by Crippen LogP contribution is -2.44. The molecule has 0 aromatic carbocycles. The second kappa shape index (κ2) is 7.76. The molecule has 1 N–H and O–H groups in total. The van der Waals surface area contributed by atoms with Crippen LogP contribution in [-0.4, -0.2) is 45.2 Å². The summed E-state index contributed by atoms with van der Waals surface area (Å²) in [7, 11) is 0. The fraction of sp³-hybridized carbons (Fsp3) is 0.500. The number of nitrogens with zero attached hydrogens (tertiary/aromatic N) is 3. The standard InChI is InChI=1S/C16H21N3O5/c1-3-13-9-14(19(22)23)10-17-15(13)24-7-5-12-4-6-18(16(20)21)11(2)8-12/h3,9-12H,1,4-8H2,2H3,(H,20,21). The smallest absolute Gasteiger partial charge is 0.407 e. The van der Waals surface area contributed by atoms with Crippen LogP contribution in [0.5, 0.6) is 5.88 Å². The molecule has 2 heterocycles. The van der Waals surface area contributed by atoms with Gasteiger partial charge in [-0.25, -0.2) is 9.78 Å². The molecule has 2 unspecified atom stereocenters. The Hall–Kier alpha value is -2.64. The van der Waals surface area contributed by atoms with Crippen LogP contribution in [0.15, 0.2) is 18.8 Å². The Morgan fingerprint density at radius 2 is 2.42 bits per heavy atom. The molecular formula is C16H21N3O5. The lowest BCUT2D eigenvalue weighted by atomic mass is 9.89. The van der Waals surface area contributed by atoms with Crippen molar-refractivity contribution in [3.8, 4) is 5.88 Å². The van der Waals surface area contributed by atoms with Gasteiger partial charge in [-0.15, -0.1) is 0 Å². The van der Waals surface area contributed by atoms with Gasteiger partial charge in [0.1, 0.15) is 6.20 Å². The molecule has 0 radical (unpaired) electrons. The number of amides is 1. The zero-order valence-corrected chi connectivity index (χ0v) is 13.6. The lowest BCUT2D eigenvalue weighted by molar-refractivity contribution is -0.385. The first-order valence-electron chi connectivity index (χ1n) is 7.81. The van der Waals surface area contributed by atoms with Crippen LogP contribution in [0.2, 0.25) is 0 Å². The van der Waals surface area contributed by atoms with Gasteiger partial charge < -0.3 is 14.7 Å². The second-order valence-electron chi connectivity index (χ2n) is 5.90. The molecule has 8 heteroatoms. The van der Waals surface area contributed by atoms with E-state index in [9.17, 15) is 14.9 Å². The van der Waals surface area contributed by atoms with Crippen molar-refractivity contribution in [2.45, 2.75) is 32.2 Å². The number of hydrogen-bond acceptors (Lipinski definition) is 5. The molecule has 2 atom stereocenters. The molecule has 2 rings (SSSR count). The number of carboxylic acid groups (broad SMARTS) is 1. The summed E-state index contributed by atoms with van der Waals surface area (Å²) < 4.78 is 5.64. The maximum absolute atomic E-state index is 11.1. The molecule has 0 spiro atoms. The molecule has 0 aliphatic carbocycles. The van der Waals surface area contributed by atoms with Gasteiger partial charge in [0.25, 0.3) is 5.69 Å². The molecule has 0 bridgehead atoms. The summed E-state index contributed by atoms with van der Waals surface area (Å²) in [6.45, 7) is 6.50. The topological polar surface area (TPSA) is 106 Å². The highest BCUT2D eigenvalue weighted by molar-refractivity contribution is 5.65. The molecule has 0 saturated carbocycles. The Morgan fingerprint density at radius 1 is 1.67 bits per heavy atom. The van der Waals surface area contributed by atoms with Crippen molar-refractivity contribution in [3.05, 3.63) is 34.5 Å². The first-order chi connectivity index (χ1) is 11.4. The number of hydrogen-bond donors (Lipinski definition) is 1. The number of nitro groups is 1. The Balaban J connectivity index is 1.87. The minimum absolute atomic E-state index is 0.00230. The van der Waals surface area contributed by atoms with Crippen molar-refractivity contribution in [1.82, 2.24) is 9.88 Å². The summed E-state index contributed by atoms with van der Waals surface area (Å²) in [6, 6.07) is 1.38. The van der Waals surface area contributed by atoms with Crippen LogP contribution in [0.1, 0.15) is 31.7 Å². The Labute approximate surface area is 139 Å². The van der Waals surface area contributed by atoms with Crippen LogP contribution in [0.4, 0.5) is 10.5 Å². The number of carbonyl (C=O) groups is 1. The van der Waals surface area contributed by atoms with Crippen molar-refractivity contribution in [2.75, 3.05) is 13.2 Å². The van der Waals surface area contributed by atoms with Gasteiger partial charge in [-0.3, -0.25) is 10.1 Å². The molecule has 1 amide bonds. The molecule has 1 aliphatic rings. The van der Waals surface area contributed by atoms with E-state index in [1.807, 2.05) is 6.92 Å². The third kappa shape index (κ3) is 4.21. The maximum atomic E-state index is 11.1. The molecular weight excluding hydrogens is 314 g/mol. The minimum Gasteiger partial charge on any atom is -0.477 e. The summed E-state index contributed by atoms with van der Waals surface area (Å²) >= 11 is 0. The zero-order valence-electron chi connectivity index (χ0n) is 13.6. The van der Waals surface area contributed by atoms with E-state index in [0.717, 1.165) is 25.5 Å². The van der Waals surface area contributed by atoms with Gasteiger partial charge >= 0.3 is 6.09 Å². The van der Waals surface area contributed by atoms with Crippen molar-refractivity contribution in [1.29, 1.82) is 0 Å². The van der Waals surface area contributed by atoms with E-state index in [1.54, 1.807) is 0 Å². The van der Waals surface area contributed by atoms with Gasteiger partial charge in [0.2, 0.25) is 5.88 Å². The summed E-state index contributed by atoms with van der Waals surface area (Å²) in [5, 5.41) is 19.8. The summed E-state index contributed by atoms with van der Waals surface area (Å²) in [4.78, 5) is 26.7. The number of likely N-dealkylation sites (tertiary alicyclic amines) is 1. The van der Waals surface area contributed by atoms with E-state index in [1.165, 1.54) is 17.0 Å². The quantitative estimate of drug-likeness (QED) is 0.632. The zero-order chi connectivity index (χ0) is 17.7. The number of pyridine rings is 1. The molecule has 1 aromatic rings. The fourth-order valence-electron chi connectivity index (χ4n) is 2.96. The number of aromatic nitrogens is 1. The number of piperidine rings is 1. The molecule has 8 nitrogen and oxygen atoms in total. The van der Waals surface area contributed by atoms with Gasteiger partial charge in [-0.1, -0.05) is 12.7 Å². The Bertz CT molecular complexity index is 634. The predicted molar refractivity (Wildman–Crippen MR) is 88.0 cm³/mol. The van der Waals surface area contributed by atoms with Crippen molar-refractivity contribution in [3.63, 3.8) is 0 Å². The van der Waals surface area contributed by atoms with E-state index in [4.69, 9.17) is 9.84 Å². The lowest BCUT2D eigenvalue weighted by Gasteiger charge is -2.35. The van der Waals surface area contributed by atoms with Gasteiger partial charge in [-0.2, -0.15) is 0 Å². The average molecular weight is 335 g/mol. The first-order valence-corrected chi connectivity index (χ1v) is 7.81.